The van der Waals surface area contributed by atoms with Gasteiger partial charge in [0.05, 0.1) is 0 Å². The average Bonchev–Trinajstić information content (AvgIpc) is 2.26. The largest absolute Gasteiger partial charge is 0.294 e. The van der Waals surface area contributed by atoms with Crippen LogP contribution in [0.2, 0.25) is 0 Å². The smallest absolute Gasteiger partial charge is 0.163 e. The van der Waals surface area contributed by atoms with Crippen molar-refractivity contribution in [3.63, 3.8) is 0 Å². The number of Topliss-reactive ketones (excluding diaryl/α,β-unsaturated/α-hetero) is 2. The molecule has 0 aliphatic heterocycles. The summed E-state index contributed by atoms with van der Waals surface area (Å²) >= 11 is 0. The van der Waals surface area contributed by atoms with Gasteiger partial charge in [0, 0.05) is 24.0 Å². The zero-order valence-corrected chi connectivity index (χ0v) is 11.0. The Hall–Kier alpha value is -1.44. The molecule has 0 saturated carbocycles. The molecule has 0 heterocycles. The number of ketones is 2. The third-order valence-corrected chi connectivity index (χ3v) is 4.13. The van der Waals surface area contributed by atoms with E-state index in [1.165, 1.54) is 0 Å². The van der Waals surface area contributed by atoms with Gasteiger partial charge in [0.25, 0.3) is 0 Å². The standard InChI is InChI=1S/C16H18O2/c1-9-3-11-7-12-4-10(2)6-16(18)14(12)8-13(11)15(17)5-9/h7-10H,3-6H2,1-2H3. The lowest BCUT2D eigenvalue weighted by Crippen LogP contribution is -2.23. The van der Waals surface area contributed by atoms with E-state index in [1.807, 2.05) is 6.07 Å². The highest BCUT2D eigenvalue weighted by molar-refractivity contribution is 6.04. The molecule has 0 spiro atoms. The highest BCUT2D eigenvalue weighted by Gasteiger charge is 2.28. The van der Waals surface area contributed by atoms with Crippen LogP contribution < -0.4 is 0 Å². The molecule has 0 N–H and O–H groups in total. The molecule has 0 aromatic heterocycles. The molecule has 1 aromatic rings. The Morgan fingerprint density at radius 1 is 0.778 bits per heavy atom. The van der Waals surface area contributed by atoms with Gasteiger partial charge in [0.2, 0.25) is 0 Å². The third kappa shape index (κ3) is 1.80. The van der Waals surface area contributed by atoms with Gasteiger partial charge in [-0.15, -0.1) is 0 Å². The van der Waals surface area contributed by atoms with E-state index >= 15 is 0 Å². The number of carbonyl (C=O) groups is 2. The summed E-state index contributed by atoms with van der Waals surface area (Å²) in [6, 6.07) is 3.98. The lowest BCUT2D eigenvalue weighted by atomic mass is 9.77. The molecule has 18 heavy (non-hydrogen) atoms. The summed E-state index contributed by atoms with van der Waals surface area (Å²) in [7, 11) is 0. The number of benzene rings is 1. The molecule has 94 valence electrons. The van der Waals surface area contributed by atoms with Crippen LogP contribution in [0.4, 0.5) is 0 Å². The van der Waals surface area contributed by atoms with Gasteiger partial charge in [-0.25, -0.2) is 0 Å². The second-order valence-corrected chi connectivity index (χ2v) is 6.04. The minimum Gasteiger partial charge on any atom is -0.294 e. The Balaban J connectivity index is 2.13. The molecule has 0 saturated heterocycles. The van der Waals surface area contributed by atoms with Crippen LogP contribution in [0.5, 0.6) is 0 Å². The highest BCUT2D eigenvalue weighted by atomic mass is 16.1. The van der Waals surface area contributed by atoms with Gasteiger partial charge in [-0.1, -0.05) is 19.9 Å². The van der Waals surface area contributed by atoms with Gasteiger partial charge in [0.15, 0.2) is 11.6 Å². The Bertz CT molecular complexity index is 497. The Morgan fingerprint density at radius 3 is 1.67 bits per heavy atom. The van der Waals surface area contributed by atoms with Gasteiger partial charge in [-0.05, 0) is 41.9 Å². The molecule has 2 nitrogen and oxygen atoms in total. The Labute approximate surface area is 107 Å². The predicted octanol–water partition coefficient (Wildman–Crippen LogP) is 3.22. The van der Waals surface area contributed by atoms with E-state index in [4.69, 9.17) is 0 Å². The molecule has 2 atom stereocenters. The number of rotatable bonds is 0. The number of fused-ring (bicyclic) bond motifs is 2. The minimum absolute atomic E-state index is 0.206. The van der Waals surface area contributed by atoms with Gasteiger partial charge >= 0.3 is 0 Å². The molecule has 0 amide bonds. The maximum absolute atomic E-state index is 12.0. The van der Waals surface area contributed by atoms with Crippen molar-refractivity contribution in [1.29, 1.82) is 0 Å². The van der Waals surface area contributed by atoms with Gasteiger partial charge < -0.3 is 0 Å². The van der Waals surface area contributed by atoms with E-state index in [-0.39, 0.29) is 11.6 Å². The van der Waals surface area contributed by atoms with Crippen LogP contribution in [0.25, 0.3) is 0 Å². The first kappa shape index (κ1) is 11.6. The van der Waals surface area contributed by atoms with Crippen LogP contribution in [-0.4, -0.2) is 11.6 Å². The molecular formula is C16H18O2. The summed E-state index contributed by atoms with van der Waals surface area (Å²) in [4.78, 5) is 24.1. The molecule has 3 rings (SSSR count). The van der Waals surface area contributed by atoms with Crippen LogP contribution in [-0.2, 0) is 12.8 Å². The Morgan fingerprint density at radius 2 is 1.22 bits per heavy atom. The number of carbonyl (C=O) groups excluding carboxylic acids is 2. The molecule has 2 aliphatic carbocycles. The topological polar surface area (TPSA) is 34.1 Å². The second kappa shape index (κ2) is 4.04. The molecule has 0 bridgehead atoms. The van der Waals surface area contributed by atoms with Crippen molar-refractivity contribution in [3.8, 4) is 0 Å². The van der Waals surface area contributed by atoms with Crippen LogP contribution in [0.3, 0.4) is 0 Å². The molecule has 1 aromatic carbocycles. The number of hydrogen-bond donors (Lipinski definition) is 0. The molecule has 2 unspecified atom stereocenters. The summed E-state index contributed by atoms with van der Waals surface area (Å²) in [5.41, 5.74) is 3.91. The van der Waals surface area contributed by atoms with Crippen LogP contribution in [0.15, 0.2) is 12.1 Å². The molecule has 0 fully saturated rings. The average molecular weight is 242 g/mol. The Kier molecular flexibility index (Phi) is 2.61. The van der Waals surface area contributed by atoms with Crippen LogP contribution in [0, 0.1) is 11.8 Å². The summed E-state index contributed by atoms with van der Waals surface area (Å²) in [5, 5.41) is 0. The first-order valence-corrected chi connectivity index (χ1v) is 6.76. The lowest BCUT2D eigenvalue weighted by molar-refractivity contribution is 0.0952. The lowest BCUT2D eigenvalue weighted by Gasteiger charge is -2.26. The monoisotopic (exact) mass is 242 g/mol. The fourth-order valence-electron chi connectivity index (χ4n) is 3.30. The summed E-state index contributed by atoms with van der Waals surface area (Å²) < 4.78 is 0. The van der Waals surface area contributed by atoms with Crippen molar-refractivity contribution >= 4 is 11.6 Å². The van der Waals surface area contributed by atoms with Crippen molar-refractivity contribution in [1.82, 2.24) is 0 Å². The van der Waals surface area contributed by atoms with Crippen LogP contribution >= 0.6 is 0 Å². The maximum Gasteiger partial charge on any atom is 0.163 e. The molecular weight excluding hydrogens is 224 g/mol. The van der Waals surface area contributed by atoms with Crippen molar-refractivity contribution < 1.29 is 9.59 Å². The van der Waals surface area contributed by atoms with E-state index in [0.29, 0.717) is 24.7 Å². The first-order chi connectivity index (χ1) is 8.54. The van der Waals surface area contributed by atoms with E-state index in [1.54, 1.807) is 0 Å². The van der Waals surface area contributed by atoms with E-state index in [2.05, 4.69) is 19.9 Å². The third-order valence-electron chi connectivity index (χ3n) is 4.13. The maximum atomic E-state index is 12.0. The van der Waals surface area contributed by atoms with Crippen molar-refractivity contribution in [2.75, 3.05) is 0 Å². The summed E-state index contributed by atoms with van der Waals surface area (Å²) in [6.07, 6.45) is 3.18. The van der Waals surface area contributed by atoms with Crippen molar-refractivity contribution in [3.05, 3.63) is 34.4 Å². The minimum atomic E-state index is 0.206. The SMILES string of the molecule is CC1CC(=O)c2cc3c(cc2C1)CC(C)CC3=O. The highest BCUT2D eigenvalue weighted by Crippen LogP contribution is 2.32. The van der Waals surface area contributed by atoms with Crippen molar-refractivity contribution in [2.45, 2.75) is 39.5 Å². The fraction of sp³-hybridized carbons (Fsp3) is 0.500. The second-order valence-electron chi connectivity index (χ2n) is 6.04. The normalized spacial score (nSPS) is 26.8. The summed E-state index contributed by atoms with van der Waals surface area (Å²) in [6.45, 7) is 4.24. The molecule has 0 radical (unpaired) electrons. The van der Waals surface area contributed by atoms with Gasteiger partial charge in [0.1, 0.15) is 0 Å². The van der Waals surface area contributed by atoms with E-state index in [9.17, 15) is 9.59 Å². The summed E-state index contributed by atoms with van der Waals surface area (Å²) in [5.74, 6) is 1.27. The fourth-order valence-corrected chi connectivity index (χ4v) is 3.30. The molecule has 2 heteroatoms. The van der Waals surface area contributed by atoms with E-state index < -0.39 is 0 Å². The van der Waals surface area contributed by atoms with Gasteiger partial charge in [-0.2, -0.15) is 0 Å². The molecule has 2 aliphatic rings. The first-order valence-electron chi connectivity index (χ1n) is 6.76. The van der Waals surface area contributed by atoms with Crippen LogP contribution in [0.1, 0.15) is 58.5 Å². The zero-order chi connectivity index (χ0) is 12.9. The zero-order valence-electron chi connectivity index (χ0n) is 11.0. The van der Waals surface area contributed by atoms with E-state index in [0.717, 1.165) is 35.1 Å². The van der Waals surface area contributed by atoms with Gasteiger partial charge in [-0.3, -0.25) is 9.59 Å². The van der Waals surface area contributed by atoms with Crippen molar-refractivity contribution in [2.24, 2.45) is 11.8 Å². The number of hydrogen-bond acceptors (Lipinski definition) is 2. The predicted molar refractivity (Wildman–Crippen MR) is 70.1 cm³/mol. The quantitative estimate of drug-likeness (QED) is 0.700.